The Kier molecular flexibility index (Phi) is 5.26. The van der Waals surface area contributed by atoms with Crippen molar-refractivity contribution < 1.29 is 0 Å². The number of anilines is 1. The van der Waals surface area contributed by atoms with Gasteiger partial charge in [-0.15, -0.1) is 0 Å². The fourth-order valence-corrected chi connectivity index (χ4v) is 3.39. The molecule has 3 N–H and O–H groups in total. The molecule has 0 spiro atoms. The number of H-pyrrole nitrogens is 1. The molecule has 4 rings (SSSR count). The second kappa shape index (κ2) is 8.00. The van der Waals surface area contributed by atoms with Crippen LogP contribution in [0, 0.1) is 0 Å². The van der Waals surface area contributed by atoms with Crippen LogP contribution in [-0.2, 0) is 13.0 Å². The van der Waals surface area contributed by atoms with Crippen LogP contribution in [0.15, 0.2) is 36.9 Å². The Morgan fingerprint density at radius 3 is 2.79 bits per heavy atom. The number of hydrogen-bond donors (Lipinski definition) is 2. The number of nitrogens with two attached hydrogens (primary N) is 1. The van der Waals surface area contributed by atoms with Gasteiger partial charge in [0.1, 0.15) is 5.65 Å². The van der Waals surface area contributed by atoms with Gasteiger partial charge in [0.2, 0.25) is 5.95 Å². The average molecular weight is 390 g/mol. The number of nitrogens with zero attached hydrogens (tertiary/aromatic N) is 6. The van der Waals surface area contributed by atoms with Crippen LogP contribution in [0.5, 0.6) is 0 Å². The molecule has 0 aliphatic heterocycles. The van der Waals surface area contributed by atoms with E-state index in [1.54, 1.807) is 0 Å². The summed E-state index contributed by atoms with van der Waals surface area (Å²) < 4.78 is 1.99. The van der Waals surface area contributed by atoms with Crippen molar-refractivity contribution in [1.29, 1.82) is 0 Å². The highest BCUT2D eigenvalue weighted by molar-refractivity contribution is 5.95. The number of aromatic nitrogens is 6. The van der Waals surface area contributed by atoms with Gasteiger partial charge in [-0.1, -0.05) is 6.92 Å². The van der Waals surface area contributed by atoms with Crippen molar-refractivity contribution in [3.8, 4) is 22.4 Å². The summed E-state index contributed by atoms with van der Waals surface area (Å²) in [6.07, 6.45) is 9.62. The Bertz CT molecular complexity index is 1120. The van der Waals surface area contributed by atoms with Gasteiger partial charge in [0, 0.05) is 52.9 Å². The molecule has 0 radical (unpaired) electrons. The first-order valence-electron chi connectivity index (χ1n) is 9.82. The molecule has 0 bridgehead atoms. The molecule has 0 amide bonds. The molecule has 8 nitrogen and oxygen atoms in total. The zero-order chi connectivity index (χ0) is 20.4. The molecular weight excluding hydrogens is 364 g/mol. The van der Waals surface area contributed by atoms with E-state index in [4.69, 9.17) is 5.73 Å². The minimum Gasteiger partial charge on any atom is -0.368 e. The Labute approximate surface area is 169 Å². The number of rotatable bonds is 7. The second-order valence-electron chi connectivity index (χ2n) is 7.43. The van der Waals surface area contributed by atoms with Crippen molar-refractivity contribution in [3.05, 3.63) is 42.6 Å². The maximum Gasteiger partial charge on any atom is 0.220 e. The summed E-state index contributed by atoms with van der Waals surface area (Å²) in [5.74, 6) is 0.289. The maximum absolute atomic E-state index is 5.91. The fraction of sp³-hybridized carbons (Fsp3) is 0.333. The van der Waals surface area contributed by atoms with E-state index in [0.29, 0.717) is 0 Å². The van der Waals surface area contributed by atoms with Crippen LogP contribution >= 0.6 is 0 Å². The van der Waals surface area contributed by atoms with E-state index < -0.39 is 0 Å². The third-order valence-electron chi connectivity index (χ3n) is 4.92. The van der Waals surface area contributed by atoms with E-state index >= 15 is 0 Å². The highest BCUT2D eigenvalue weighted by Gasteiger charge is 2.13. The summed E-state index contributed by atoms with van der Waals surface area (Å²) in [7, 11) is 4.16. The summed E-state index contributed by atoms with van der Waals surface area (Å²) in [5, 5.41) is 5.50. The highest BCUT2D eigenvalue weighted by atomic mass is 15.3. The summed E-state index contributed by atoms with van der Waals surface area (Å²) in [6, 6.07) is 4.10. The normalized spacial score (nSPS) is 11.6. The topological polar surface area (TPSA) is 102 Å². The number of pyridine rings is 1. The molecule has 0 fully saturated rings. The number of hydrogen-bond acceptors (Lipinski definition) is 6. The van der Waals surface area contributed by atoms with E-state index in [9.17, 15) is 0 Å². The van der Waals surface area contributed by atoms with Gasteiger partial charge >= 0.3 is 0 Å². The van der Waals surface area contributed by atoms with Crippen molar-refractivity contribution in [2.75, 3.05) is 26.4 Å². The summed E-state index contributed by atoms with van der Waals surface area (Å²) in [5.41, 5.74) is 11.5. The molecule has 0 aliphatic rings. The van der Waals surface area contributed by atoms with E-state index in [1.165, 1.54) is 0 Å². The molecule has 8 heteroatoms. The predicted molar refractivity (Wildman–Crippen MR) is 115 cm³/mol. The maximum atomic E-state index is 5.91. The summed E-state index contributed by atoms with van der Waals surface area (Å²) in [6.45, 7) is 3.98. The van der Waals surface area contributed by atoms with Crippen LogP contribution in [0.4, 0.5) is 5.95 Å². The minimum absolute atomic E-state index is 0.289. The molecule has 4 aromatic heterocycles. The van der Waals surface area contributed by atoms with Gasteiger partial charge in [-0.05, 0) is 45.6 Å². The quantitative estimate of drug-likeness (QED) is 0.503. The third kappa shape index (κ3) is 4.12. The smallest absolute Gasteiger partial charge is 0.220 e. The van der Waals surface area contributed by atoms with E-state index in [-0.39, 0.29) is 5.95 Å². The number of fused-ring (bicyclic) bond motifs is 1. The van der Waals surface area contributed by atoms with Crippen molar-refractivity contribution >= 4 is 17.0 Å². The van der Waals surface area contributed by atoms with Crippen LogP contribution in [0.1, 0.15) is 19.0 Å². The molecule has 4 heterocycles. The van der Waals surface area contributed by atoms with Crippen LogP contribution in [0.3, 0.4) is 0 Å². The first kappa shape index (κ1) is 19.1. The molecule has 0 saturated heterocycles. The van der Waals surface area contributed by atoms with Crippen LogP contribution in [0.2, 0.25) is 0 Å². The van der Waals surface area contributed by atoms with Crippen molar-refractivity contribution in [2.24, 2.45) is 0 Å². The molecular formula is C21H26N8. The lowest BCUT2D eigenvalue weighted by atomic mass is 10.1. The van der Waals surface area contributed by atoms with Crippen molar-refractivity contribution in [3.63, 3.8) is 0 Å². The van der Waals surface area contributed by atoms with Crippen LogP contribution in [-0.4, -0.2) is 55.3 Å². The van der Waals surface area contributed by atoms with E-state index in [1.807, 2.05) is 29.3 Å². The Morgan fingerprint density at radius 2 is 2.00 bits per heavy atom. The third-order valence-corrected chi connectivity index (χ3v) is 4.92. The molecule has 4 aromatic rings. The second-order valence-corrected chi connectivity index (χ2v) is 7.43. The van der Waals surface area contributed by atoms with Gasteiger partial charge in [-0.3, -0.25) is 4.68 Å². The van der Waals surface area contributed by atoms with Gasteiger partial charge in [0.15, 0.2) is 0 Å². The molecule has 0 saturated carbocycles. The van der Waals surface area contributed by atoms with Crippen molar-refractivity contribution in [1.82, 2.24) is 34.6 Å². The standard InChI is InChI=1S/C21H26N8/c1-4-16-9-19(27-21(22)26-16)18-12-24-20-17(18)8-14(10-23-20)15-11-25-29(13-15)7-5-6-28(2)3/h8-13H,4-7H2,1-3H3,(H,23,24)(H2,22,26,27). The van der Waals surface area contributed by atoms with Gasteiger partial charge < -0.3 is 15.6 Å². The van der Waals surface area contributed by atoms with Gasteiger partial charge in [-0.2, -0.15) is 5.10 Å². The predicted octanol–water partition coefficient (Wildman–Crippen LogP) is 2.98. The molecule has 0 atom stereocenters. The zero-order valence-corrected chi connectivity index (χ0v) is 17.1. The summed E-state index contributed by atoms with van der Waals surface area (Å²) in [4.78, 5) is 18.7. The monoisotopic (exact) mass is 390 g/mol. The Balaban J connectivity index is 1.66. The largest absolute Gasteiger partial charge is 0.368 e. The van der Waals surface area contributed by atoms with Gasteiger partial charge in [-0.25, -0.2) is 15.0 Å². The molecule has 0 aliphatic carbocycles. The Morgan fingerprint density at radius 1 is 1.14 bits per heavy atom. The Hall–Kier alpha value is -3.26. The van der Waals surface area contributed by atoms with Gasteiger partial charge in [0.25, 0.3) is 0 Å². The lowest BCUT2D eigenvalue weighted by Crippen LogP contribution is -2.15. The average Bonchev–Trinajstić information content (AvgIpc) is 3.33. The molecule has 29 heavy (non-hydrogen) atoms. The lowest BCUT2D eigenvalue weighted by molar-refractivity contribution is 0.380. The molecule has 0 aromatic carbocycles. The van der Waals surface area contributed by atoms with Crippen molar-refractivity contribution in [2.45, 2.75) is 26.3 Å². The van der Waals surface area contributed by atoms with E-state index in [2.05, 4.69) is 63.2 Å². The van der Waals surface area contributed by atoms with Crippen LogP contribution < -0.4 is 5.73 Å². The molecule has 150 valence electrons. The number of aromatic amines is 1. The SMILES string of the molecule is CCc1cc(-c2c[nH]c3ncc(-c4cnn(CCCN(C)C)c4)cc23)nc(N)n1. The van der Waals surface area contributed by atoms with E-state index in [0.717, 1.165) is 65.0 Å². The number of nitrogens with one attached hydrogen (secondary N) is 1. The lowest BCUT2D eigenvalue weighted by Gasteiger charge is -2.08. The number of nitrogen functional groups attached to an aromatic ring is 1. The summed E-state index contributed by atoms with van der Waals surface area (Å²) >= 11 is 0. The zero-order valence-electron chi connectivity index (χ0n) is 17.1. The van der Waals surface area contributed by atoms with Crippen LogP contribution in [0.25, 0.3) is 33.4 Å². The first-order valence-corrected chi connectivity index (χ1v) is 9.82. The minimum atomic E-state index is 0.289. The highest BCUT2D eigenvalue weighted by Crippen LogP contribution is 2.30. The fourth-order valence-electron chi connectivity index (χ4n) is 3.39. The number of aryl methyl sites for hydroxylation is 2. The first-order chi connectivity index (χ1) is 14.0. The molecule has 0 unspecified atom stereocenters. The van der Waals surface area contributed by atoms with Gasteiger partial charge in [0.05, 0.1) is 11.9 Å².